The van der Waals surface area contributed by atoms with Gasteiger partial charge in [-0.15, -0.1) is 0 Å². The van der Waals surface area contributed by atoms with Gasteiger partial charge in [0.15, 0.2) is 0 Å². The molecule has 1 nitrogen and oxygen atoms in total. The summed E-state index contributed by atoms with van der Waals surface area (Å²) in [5, 5.41) is 10.8. The quantitative estimate of drug-likeness (QED) is 0.904. The van der Waals surface area contributed by atoms with Gasteiger partial charge >= 0.3 is 0 Å². The first-order valence-electron chi connectivity index (χ1n) is 5.26. The standard InChI is InChI=1S/C12H14BrFOS/c1-8-5-12(15,7-16-8)6-9-4-10(13)2-3-11(9)14/h2-4,8,15H,5-7H2,1H3. The highest BCUT2D eigenvalue weighted by Gasteiger charge is 2.36. The number of hydrogen-bond acceptors (Lipinski definition) is 2. The Morgan fingerprint density at radius 1 is 1.62 bits per heavy atom. The minimum Gasteiger partial charge on any atom is -0.389 e. The monoisotopic (exact) mass is 304 g/mol. The van der Waals surface area contributed by atoms with Crippen LogP contribution in [0.5, 0.6) is 0 Å². The van der Waals surface area contributed by atoms with Gasteiger partial charge in [-0.1, -0.05) is 22.9 Å². The van der Waals surface area contributed by atoms with Crippen molar-refractivity contribution in [3.63, 3.8) is 0 Å². The topological polar surface area (TPSA) is 20.2 Å². The highest BCUT2D eigenvalue weighted by molar-refractivity contribution is 9.10. The molecule has 0 spiro atoms. The van der Waals surface area contributed by atoms with E-state index >= 15 is 0 Å². The molecule has 0 radical (unpaired) electrons. The van der Waals surface area contributed by atoms with Crippen molar-refractivity contribution in [2.45, 2.75) is 30.6 Å². The molecule has 1 aromatic carbocycles. The van der Waals surface area contributed by atoms with E-state index in [2.05, 4.69) is 22.9 Å². The van der Waals surface area contributed by atoms with E-state index in [0.717, 1.165) is 10.9 Å². The van der Waals surface area contributed by atoms with E-state index in [0.29, 0.717) is 23.0 Å². The largest absolute Gasteiger partial charge is 0.389 e. The van der Waals surface area contributed by atoms with E-state index in [-0.39, 0.29) is 5.82 Å². The fourth-order valence-electron chi connectivity index (χ4n) is 2.11. The average molecular weight is 305 g/mol. The first kappa shape index (κ1) is 12.4. The lowest BCUT2D eigenvalue weighted by atomic mass is 9.92. The zero-order valence-corrected chi connectivity index (χ0v) is 11.4. The Bertz CT molecular complexity index is 399. The Labute approximate surface area is 108 Å². The van der Waals surface area contributed by atoms with Gasteiger partial charge < -0.3 is 5.11 Å². The molecule has 1 aliphatic rings. The van der Waals surface area contributed by atoms with Gasteiger partial charge in [-0.25, -0.2) is 4.39 Å². The lowest BCUT2D eigenvalue weighted by Gasteiger charge is -2.22. The summed E-state index contributed by atoms with van der Waals surface area (Å²) < 4.78 is 14.4. The van der Waals surface area contributed by atoms with Crippen LogP contribution < -0.4 is 0 Å². The highest BCUT2D eigenvalue weighted by atomic mass is 79.9. The van der Waals surface area contributed by atoms with Crippen LogP contribution in [0.4, 0.5) is 4.39 Å². The molecule has 1 N–H and O–H groups in total. The van der Waals surface area contributed by atoms with Gasteiger partial charge in [0.05, 0.1) is 5.60 Å². The van der Waals surface area contributed by atoms with Crippen molar-refractivity contribution < 1.29 is 9.50 Å². The second-order valence-corrected chi connectivity index (χ2v) is 6.81. The van der Waals surface area contributed by atoms with Crippen molar-refractivity contribution >= 4 is 27.7 Å². The summed E-state index contributed by atoms with van der Waals surface area (Å²) in [6.45, 7) is 2.10. The van der Waals surface area contributed by atoms with Crippen molar-refractivity contribution in [1.82, 2.24) is 0 Å². The summed E-state index contributed by atoms with van der Waals surface area (Å²) in [5.74, 6) is 0.460. The van der Waals surface area contributed by atoms with E-state index in [1.165, 1.54) is 6.07 Å². The molecular formula is C12H14BrFOS. The molecule has 2 atom stereocenters. The van der Waals surface area contributed by atoms with E-state index in [9.17, 15) is 9.50 Å². The number of benzene rings is 1. The molecule has 0 saturated carbocycles. The van der Waals surface area contributed by atoms with E-state index in [1.54, 1.807) is 23.9 Å². The van der Waals surface area contributed by atoms with Crippen LogP contribution in [-0.2, 0) is 6.42 Å². The lowest BCUT2D eigenvalue weighted by Crippen LogP contribution is -2.31. The van der Waals surface area contributed by atoms with Gasteiger partial charge in [-0.05, 0) is 30.2 Å². The average Bonchev–Trinajstić information content (AvgIpc) is 2.52. The first-order chi connectivity index (χ1) is 7.48. The maximum Gasteiger partial charge on any atom is 0.126 e. The normalized spacial score (nSPS) is 29.6. The maximum atomic E-state index is 13.6. The third-order valence-corrected chi connectivity index (χ3v) is 4.76. The fraction of sp³-hybridized carbons (Fsp3) is 0.500. The summed E-state index contributed by atoms with van der Waals surface area (Å²) in [6, 6.07) is 4.87. The molecule has 0 bridgehead atoms. The molecule has 1 heterocycles. The number of aliphatic hydroxyl groups is 1. The number of hydrogen-bond donors (Lipinski definition) is 1. The van der Waals surface area contributed by atoms with Gasteiger partial charge in [0.1, 0.15) is 5.82 Å². The van der Waals surface area contributed by atoms with Crippen LogP contribution in [0.2, 0.25) is 0 Å². The summed E-state index contributed by atoms with van der Waals surface area (Å²) in [6.07, 6.45) is 1.14. The van der Waals surface area contributed by atoms with Crippen molar-refractivity contribution in [2.24, 2.45) is 0 Å². The lowest BCUT2D eigenvalue weighted by molar-refractivity contribution is 0.0633. The Kier molecular flexibility index (Phi) is 3.62. The molecule has 88 valence electrons. The van der Waals surface area contributed by atoms with E-state index in [4.69, 9.17) is 0 Å². The van der Waals surface area contributed by atoms with E-state index < -0.39 is 5.60 Å². The van der Waals surface area contributed by atoms with Gasteiger partial charge in [0.2, 0.25) is 0 Å². The number of thioether (sulfide) groups is 1. The maximum absolute atomic E-state index is 13.6. The molecule has 1 fully saturated rings. The van der Waals surface area contributed by atoms with Crippen molar-refractivity contribution in [1.29, 1.82) is 0 Å². The molecule has 16 heavy (non-hydrogen) atoms. The molecule has 4 heteroatoms. The van der Waals surface area contributed by atoms with Crippen LogP contribution in [-0.4, -0.2) is 21.7 Å². The Hall–Kier alpha value is -0.0600. The van der Waals surface area contributed by atoms with Crippen LogP contribution in [0.15, 0.2) is 22.7 Å². The first-order valence-corrected chi connectivity index (χ1v) is 7.11. The van der Waals surface area contributed by atoms with Crippen molar-refractivity contribution in [3.05, 3.63) is 34.1 Å². The zero-order valence-electron chi connectivity index (χ0n) is 9.04. The van der Waals surface area contributed by atoms with Crippen molar-refractivity contribution in [2.75, 3.05) is 5.75 Å². The molecule has 1 saturated heterocycles. The molecule has 0 aromatic heterocycles. The predicted molar refractivity (Wildman–Crippen MR) is 69.3 cm³/mol. The van der Waals surface area contributed by atoms with Crippen LogP contribution in [0.3, 0.4) is 0 Å². The number of rotatable bonds is 2. The molecule has 0 aliphatic carbocycles. The SMILES string of the molecule is CC1CC(O)(Cc2cc(Br)ccc2F)CS1. The minimum atomic E-state index is -0.744. The third-order valence-electron chi connectivity index (χ3n) is 2.83. The van der Waals surface area contributed by atoms with Gasteiger partial charge in [0, 0.05) is 21.9 Å². The summed E-state index contributed by atoms with van der Waals surface area (Å²) in [7, 11) is 0. The molecular weight excluding hydrogens is 291 g/mol. The summed E-state index contributed by atoms with van der Waals surface area (Å²) >= 11 is 5.07. The molecule has 2 rings (SSSR count). The molecule has 0 amide bonds. The Morgan fingerprint density at radius 3 is 3.00 bits per heavy atom. The number of halogens is 2. The van der Waals surface area contributed by atoms with Crippen LogP contribution >= 0.6 is 27.7 Å². The Balaban J connectivity index is 2.17. The smallest absolute Gasteiger partial charge is 0.126 e. The third kappa shape index (κ3) is 2.79. The van der Waals surface area contributed by atoms with Gasteiger partial charge in [0.25, 0.3) is 0 Å². The second kappa shape index (κ2) is 4.67. The van der Waals surface area contributed by atoms with Crippen LogP contribution in [0, 0.1) is 5.82 Å². The Morgan fingerprint density at radius 2 is 2.38 bits per heavy atom. The molecule has 1 aromatic rings. The van der Waals surface area contributed by atoms with Gasteiger partial charge in [-0.3, -0.25) is 0 Å². The van der Waals surface area contributed by atoms with Crippen LogP contribution in [0.1, 0.15) is 18.9 Å². The fourth-order valence-corrected chi connectivity index (χ4v) is 3.76. The summed E-state index contributed by atoms with van der Waals surface area (Å²) in [4.78, 5) is 0. The van der Waals surface area contributed by atoms with E-state index in [1.807, 2.05) is 0 Å². The van der Waals surface area contributed by atoms with Gasteiger partial charge in [-0.2, -0.15) is 11.8 Å². The zero-order chi connectivity index (χ0) is 11.8. The molecule has 1 aliphatic heterocycles. The van der Waals surface area contributed by atoms with Crippen molar-refractivity contribution in [3.8, 4) is 0 Å². The predicted octanol–water partition coefficient (Wildman–Crippen LogP) is 3.39. The molecule has 2 unspecified atom stereocenters. The highest BCUT2D eigenvalue weighted by Crippen LogP contribution is 2.37. The second-order valence-electron chi connectivity index (χ2n) is 4.46. The summed E-state index contributed by atoms with van der Waals surface area (Å²) in [5.41, 5.74) is -0.155. The van der Waals surface area contributed by atoms with Crippen LogP contribution in [0.25, 0.3) is 0 Å². The minimum absolute atomic E-state index is 0.235.